The second kappa shape index (κ2) is 5.73. The van der Waals surface area contributed by atoms with E-state index in [1.54, 1.807) is 33.8 Å². The fraction of sp³-hybridized carbons (Fsp3) is 0.294. The Morgan fingerprint density at radius 2 is 2.04 bits per heavy atom. The van der Waals surface area contributed by atoms with Gasteiger partial charge in [-0.3, -0.25) is 19.7 Å². The van der Waals surface area contributed by atoms with Crippen LogP contribution in [0.5, 0.6) is 0 Å². The van der Waals surface area contributed by atoms with E-state index in [1.807, 2.05) is 37.4 Å². The number of amides is 2. The highest BCUT2D eigenvalue weighted by molar-refractivity contribution is 5.94. The van der Waals surface area contributed by atoms with Crippen molar-refractivity contribution in [3.63, 3.8) is 0 Å². The number of imidazole rings is 1. The van der Waals surface area contributed by atoms with Crippen LogP contribution in [0, 0.1) is 5.92 Å². The molecule has 1 aromatic carbocycles. The Morgan fingerprint density at radius 1 is 1.24 bits per heavy atom. The van der Waals surface area contributed by atoms with Crippen LogP contribution in [-0.4, -0.2) is 43.2 Å². The zero-order valence-corrected chi connectivity index (χ0v) is 14.0. The summed E-state index contributed by atoms with van der Waals surface area (Å²) in [5.74, 6) is -0.761. The normalized spacial score (nSPS) is 20.4. The predicted molar refractivity (Wildman–Crippen MR) is 90.9 cm³/mol. The van der Waals surface area contributed by atoms with Gasteiger partial charge in [0.1, 0.15) is 6.33 Å². The summed E-state index contributed by atoms with van der Waals surface area (Å²) in [6.45, 7) is 0. The number of nitrogens with one attached hydrogen (secondary N) is 1. The number of nitrogens with zero attached hydrogens (tertiary/aromatic N) is 5. The Kier molecular flexibility index (Phi) is 3.52. The first-order valence-corrected chi connectivity index (χ1v) is 8.03. The molecule has 1 saturated heterocycles. The number of likely N-dealkylation sites (tertiary alicyclic amines) is 1. The number of para-hydroxylation sites is 2. The molecular weight excluding hydrogens is 320 g/mol. The standard InChI is InChI=1S/C17H18N6O2/c1-21-15(24)9-11(16(21)14-7-8-19-22(14)2)17(25)20-23-10-18-12-5-3-4-6-13(12)23/h3-8,10-11,16H,9H2,1-2H3,(H,20,25). The van der Waals surface area contributed by atoms with Crippen molar-refractivity contribution in [2.45, 2.75) is 12.5 Å². The van der Waals surface area contributed by atoms with Gasteiger partial charge in [-0.15, -0.1) is 0 Å². The van der Waals surface area contributed by atoms with Crippen LogP contribution < -0.4 is 5.43 Å². The number of fused-ring (bicyclic) bond motifs is 1. The lowest BCUT2D eigenvalue weighted by molar-refractivity contribution is -0.128. The maximum Gasteiger partial charge on any atom is 0.244 e. The number of hydrogen-bond donors (Lipinski definition) is 1. The van der Waals surface area contributed by atoms with Crippen LogP contribution in [0.3, 0.4) is 0 Å². The summed E-state index contributed by atoms with van der Waals surface area (Å²) >= 11 is 0. The first-order valence-electron chi connectivity index (χ1n) is 8.03. The molecule has 3 aromatic rings. The Labute approximate surface area is 144 Å². The summed E-state index contributed by atoms with van der Waals surface area (Å²) in [6.07, 6.45) is 3.41. The maximum atomic E-state index is 12.9. The van der Waals surface area contributed by atoms with Crippen LogP contribution in [0.4, 0.5) is 0 Å². The molecule has 128 valence electrons. The second-order valence-electron chi connectivity index (χ2n) is 6.22. The van der Waals surface area contributed by atoms with Crippen molar-refractivity contribution < 1.29 is 9.59 Å². The van der Waals surface area contributed by atoms with Crippen molar-refractivity contribution in [2.75, 3.05) is 12.5 Å². The summed E-state index contributed by atoms with van der Waals surface area (Å²) in [4.78, 5) is 31.0. The molecule has 1 N–H and O–H groups in total. The highest BCUT2D eigenvalue weighted by Gasteiger charge is 2.44. The maximum absolute atomic E-state index is 12.9. The zero-order chi connectivity index (χ0) is 17.6. The fourth-order valence-corrected chi connectivity index (χ4v) is 3.43. The molecule has 4 rings (SSSR count). The quantitative estimate of drug-likeness (QED) is 0.774. The van der Waals surface area contributed by atoms with Crippen LogP contribution in [0.2, 0.25) is 0 Å². The van der Waals surface area contributed by atoms with Gasteiger partial charge in [0.05, 0.1) is 28.7 Å². The highest BCUT2D eigenvalue weighted by atomic mass is 16.2. The smallest absolute Gasteiger partial charge is 0.244 e. The van der Waals surface area contributed by atoms with Gasteiger partial charge in [0, 0.05) is 26.7 Å². The number of hydrogen-bond acceptors (Lipinski definition) is 4. The molecule has 0 saturated carbocycles. The van der Waals surface area contributed by atoms with Crippen molar-refractivity contribution in [3.05, 3.63) is 48.5 Å². The first-order chi connectivity index (χ1) is 12.1. The van der Waals surface area contributed by atoms with Gasteiger partial charge in [0.15, 0.2) is 0 Å². The van der Waals surface area contributed by atoms with Gasteiger partial charge < -0.3 is 4.90 Å². The largest absolute Gasteiger partial charge is 0.336 e. The van der Waals surface area contributed by atoms with Gasteiger partial charge >= 0.3 is 0 Å². The summed E-state index contributed by atoms with van der Waals surface area (Å²) < 4.78 is 3.30. The molecule has 1 fully saturated rings. The monoisotopic (exact) mass is 338 g/mol. The van der Waals surface area contributed by atoms with E-state index < -0.39 is 5.92 Å². The second-order valence-corrected chi connectivity index (χ2v) is 6.22. The Bertz CT molecular complexity index is 959. The van der Waals surface area contributed by atoms with E-state index in [1.165, 1.54) is 0 Å². The number of carbonyl (C=O) groups is 2. The van der Waals surface area contributed by atoms with Gasteiger partial charge in [-0.25, -0.2) is 9.66 Å². The number of aromatic nitrogens is 4. The zero-order valence-electron chi connectivity index (χ0n) is 14.0. The van der Waals surface area contributed by atoms with E-state index >= 15 is 0 Å². The van der Waals surface area contributed by atoms with E-state index in [9.17, 15) is 9.59 Å². The lowest BCUT2D eigenvalue weighted by atomic mass is 9.97. The summed E-state index contributed by atoms with van der Waals surface area (Å²) in [5, 5.41) is 4.16. The molecule has 2 atom stereocenters. The van der Waals surface area contributed by atoms with Gasteiger partial charge in [-0.05, 0) is 18.2 Å². The van der Waals surface area contributed by atoms with E-state index in [2.05, 4.69) is 15.5 Å². The van der Waals surface area contributed by atoms with Crippen LogP contribution in [0.15, 0.2) is 42.9 Å². The molecule has 2 amide bonds. The topological polar surface area (TPSA) is 85.1 Å². The summed E-state index contributed by atoms with van der Waals surface area (Å²) in [7, 11) is 3.53. The average molecular weight is 338 g/mol. The molecule has 0 aliphatic carbocycles. The SMILES string of the molecule is CN1C(=O)CC(C(=O)Nn2cnc3ccccc32)C1c1ccnn1C. The third-order valence-corrected chi connectivity index (χ3v) is 4.77. The van der Waals surface area contributed by atoms with Gasteiger partial charge in [0.25, 0.3) is 0 Å². The Hall–Kier alpha value is -3.16. The molecule has 0 bridgehead atoms. The number of carbonyl (C=O) groups excluding carboxylic acids is 2. The number of aryl methyl sites for hydroxylation is 1. The first kappa shape index (κ1) is 15.4. The molecule has 0 spiro atoms. The molecule has 8 nitrogen and oxygen atoms in total. The summed E-state index contributed by atoms with van der Waals surface area (Å²) in [6, 6.07) is 9.04. The van der Waals surface area contributed by atoms with E-state index in [0.717, 1.165) is 16.7 Å². The molecule has 1 aliphatic rings. The van der Waals surface area contributed by atoms with Crippen LogP contribution in [0.25, 0.3) is 11.0 Å². The molecule has 1 aliphatic heterocycles. The molecule has 0 radical (unpaired) electrons. The van der Waals surface area contributed by atoms with Crippen molar-refractivity contribution in [1.29, 1.82) is 0 Å². The molecule has 8 heteroatoms. The Morgan fingerprint density at radius 3 is 2.80 bits per heavy atom. The van der Waals surface area contributed by atoms with Crippen molar-refractivity contribution in [1.82, 2.24) is 24.3 Å². The van der Waals surface area contributed by atoms with E-state index in [4.69, 9.17) is 0 Å². The molecule has 2 aromatic heterocycles. The minimum atomic E-state index is -0.492. The third kappa shape index (κ3) is 2.46. The summed E-state index contributed by atoms with van der Waals surface area (Å²) in [5.41, 5.74) is 5.31. The predicted octanol–water partition coefficient (Wildman–Crippen LogP) is 1.06. The third-order valence-electron chi connectivity index (χ3n) is 4.77. The van der Waals surface area contributed by atoms with E-state index in [0.29, 0.717) is 0 Å². The van der Waals surface area contributed by atoms with Crippen LogP contribution in [0.1, 0.15) is 18.2 Å². The van der Waals surface area contributed by atoms with Crippen molar-refractivity contribution in [3.8, 4) is 0 Å². The van der Waals surface area contributed by atoms with Crippen LogP contribution in [-0.2, 0) is 16.6 Å². The lowest BCUT2D eigenvalue weighted by Gasteiger charge is -2.24. The van der Waals surface area contributed by atoms with Gasteiger partial charge in [-0.1, -0.05) is 12.1 Å². The van der Waals surface area contributed by atoms with Gasteiger partial charge in [0.2, 0.25) is 11.8 Å². The molecule has 3 heterocycles. The number of benzene rings is 1. The van der Waals surface area contributed by atoms with Crippen molar-refractivity contribution in [2.24, 2.45) is 13.0 Å². The van der Waals surface area contributed by atoms with Crippen LogP contribution >= 0.6 is 0 Å². The molecule has 25 heavy (non-hydrogen) atoms. The fourth-order valence-electron chi connectivity index (χ4n) is 3.43. The Balaban J connectivity index is 1.64. The molecular formula is C17H18N6O2. The number of rotatable bonds is 3. The minimum absolute atomic E-state index is 0.0539. The lowest BCUT2D eigenvalue weighted by Crippen LogP contribution is -2.34. The van der Waals surface area contributed by atoms with Crippen molar-refractivity contribution >= 4 is 22.8 Å². The van der Waals surface area contributed by atoms with E-state index in [-0.39, 0.29) is 24.3 Å². The van der Waals surface area contributed by atoms with Gasteiger partial charge in [-0.2, -0.15) is 5.10 Å². The highest BCUT2D eigenvalue weighted by Crippen LogP contribution is 2.37. The average Bonchev–Trinajstić information content (AvgIpc) is 3.28. The minimum Gasteiger partial charge on any atom is -0.336 e. The molecule has 2 unspecified atom stereocenters.